The number of hydrogen-bond acceptors (Lipinski definition) is 4. The molecule has 112 valence electrons. The van der Waals surface area contributed by atoms with Crippen molar-refractivity contribution in [1.29, 1.82) is 0 Å². The highest BCUT2D eigenvalue weighted by Gasteiger charge is 2.17. The summed E-state index contributed by atoms with van der Waals surface area (Å²) in [5.74, 6) is -0.615. The lowest BCUT2D eigenvalue weighted by Crippen LogP contribution is -2.31. The summed E-state index contributed by atoms with van der Waals surface area (Å²) in [6.07, 6.45) is 1.12. The molecule has 0 saturated carbocycles. The van der Waals surface area contributed by atoms with Gasteiger partial charge in [-0.2, -0.15) is 0 Å². The number of hydrogen-bond donors (Lipinski definition) is 1. The smallest absolute Gasteiger partial charge is 0.257 e. The van der Waals surface area contributed by atoms with E-state index < -0.39 is 15.7 Å². The second-order valence-electron chi connectivity index (χ2n) is 5.07. The summed E-state index contributed by atoms with van der Waals surface area (Å²) in [4.78, 5) is 13.6. The zero-order valence-corrected chi connectivity index (χ0v) is 12.7. The summed E-state index contributed by atoms with van der Waals surface area (Å²) in [6.45, 7) is 0.0872. The number of sulfone groups is 1. The molecule has 1 N–H and O–H groups in total. The van der Waals surface area contributed by atoms with Gasteiger partial charge in [0.25, 0.3) is 5.91 Å². The van der Waals surface area contributed by atoms with Gasteiger partial charge in [0.1, 0.15) is 15.6 Å². The fraction of sp³-hybridized carbons (Fsp3) is 0.267. The fourth-order valence-corrected chi connectivity index (χ4v) is 2.62. The van der Waals surface area contributed by atoms with Gasteiger partial charge in [0.2, 0.25) is 0 Å². The Hall–Kier alpha value is -2.08. The highest BCUT2D eigenvalue weighted by atomic mass is 32.2. The van der Waals surface area contributed by atoms with Crippen LogP contribution in [-0.4, -0.2) is 49.9 Å². The minimum Gasteiger partial charge on any atom is -0.507 e. The molecule has 0 aliphatic carbocycles. The third-order valence-corrected chi connectivity index (χ3v) is 4.16. The van der Waals surface area contributed by atoms with Crippen LogP contribution in [0, 0.1) is 0 Å². The molecular formula is C15H17NO4S. The van der Waals surface area contributed by atoms with Crippen LogP contribution in [0.2, 0.25) is 0 Å². The first-order valence-electron chi connectivity index (χ1n) is 6.43. The SMILES string of the molecule is CN(CCS(C)(=O)=O)C(=O)c1cc2ccccc2cc1O. The number of phenolic OH excluding ortho intramolecular Hbond substituents is 1. The lowest BCUT2D eigenvalue weighted by Gasteiger charge is -2.17. The second-order valence-corrected chi connectivity index (χ2v) is 7.33. The van der Waals surface area contributed by atoms with E-state index in [4.69, 9.17) is 0 Å². The van der Waals surface area contributed by atoms with E-state index in [1.165, 1.54) is 18.0 Å². The van der Waals surface area contributed by atoms with Crippen LogP contribution in [-0.2, 0) is 9.84 Å². The largest absolute Gasteiger partial charge is 0.507 e. The summed E-state index contributed by atoms with van der Waals surface area (Å²) in [5.41, 5.74) is 0.171. The van der Waals surface area contributed by atoms with Crippen LogP contribution in [0.5, 0.6) is 5.75 Å². The number of amides is 1. The number of phenols is 1. The highest BCUT2D eigenvalue weighted by molar-refractivity contribution is 7.90. The maximum Gasteiger partial charge on any atom is 0.257 e. The van der Waals surface area contributed by atoms with Gasteiger partial charge in [-0.15, -0.1) is 0 Å². The number of rotatable bonds is 4. The molecule has 0 atom stereocenters. The highest BCUT2D eigenvalue weighted by Crippen LogP contribution is 2.25. The van der Waals surface area contributed by atoms with Crippen molar-refractivity contribution in [2.45, 2.75) is 0 Å². The molecule has 0 saturated heterocycles. The molecule has 0 heterocycles. The first kappa shape index (κ1) is 15.3. The maximum atomic E-state index is 12.3. The van der Waals surface area contributed by atoms with Gasteiger partial charge in [0.15, 0.2) is 0 Å². The third-order valence-electron chi connectivity index (χ3n) is 3.24. The van der Waals surface area contributed by atoms with Gasteiger partial charge in [-0.3, -0.25) is 4.79 Å². The molecule has 0 unspecified atom stereocenters. The van der Waals surface area contributed by atoms with Gasteiger partial charge >= 0.3 is 0 Å². The van der Waals surface area contributed by atoms with Crippen molar-refractivity contribution >= 4 is 26.5 Å². The average molecular weight is 307 g/mol. The van der Waals surface area contributed by atoms with Crippen molar-refractivity contribution in [3.05, 3.63) is 42.0 Å². The van der Waals surface area contributed by atoms with Gasteiger partial charge in [-0.1, -0.05) is 24.3 Å². The molecule has 0 radical (unpaired) electrons. The molecule has 6 heteroatoms. The van der Waals surface area contributed by atoms with Crippen molar-refractivity contribution in [1.82, 2.24) is 4.90 Å². The second kappa shape index (κ2) is 5.73. The molecular weight excluding hydrogens is 290 g/mol. The van der Waals surface area contributed by atoms with Gasteiger partial charge in [-0.05, 0) is 22.9 Å². The third kappa shape index (κ3) is 3.72. The Balaban J connectivity index is 2.28. The minimum atomic E-state index is -3.14. The number of nitrogens with zero attached hydrogens (tertiary/aromatic N) is 1. The number of carbonyl (C=O) groups is 1. The van der Waals surface area contributed by atoms with Gasteiger partial charge in [0.05, 0.1) is 11.3 Å². The topological polar surface area (TPSA) is 74.7 Å². The van der Waals surface area contributed by atoms with E-state index in [2.05, 4.69) is 0 Å². The summed E-state index contributed by atoms with van der Waals surface area (Å²) in [5, 5.41) is 11.7. The van der Waals surface area contributed by atoms with E-state index in [1.807, 2.05) is 24.3 Å². The molecule has 0 aliphatic rings. The standard InChI is InChI=1S/C15H17NO4S/c1-16(7-8-21(2,19)20)15(18)13-9-11-5-3-4-6-12(11)10-14(13)17/h3-6,9-10,17H,7-8H2,1-2H3. The molecule has 0 aromatic heterocycles. The molecule has 1 amide bonds. The van der Waals surface area contributed by atoms with Crippen LogP contribution in [0.25, 0.3) is 10.8 Å². The average Bonchev–Trinajstić information content (AvgIpc) is 2.42. The number of aromatic hydroxyl groups is 1. The lowest BCUT2D eigenvalue weighted by molar-refractivity contribution is 0.0800. The molecule has 0 aliphatic heterocycles. The van der Waals surface area contributed by atoms with Crippen molar-refractivity contribution in [3.63, 3.8) is 0 Å². The molecule has 5 nitrogen and oxygen atoms in total. The first-order valence-corrected chi connectivity index (χ1v) is 8.49. The maximum absolute atomic E-state index is 12.3. The molecule has 0 spiro atoms. The number of benzene rings is 2. The van der Waals surface area contributed by atoms with Crippen LogP contribution >= 0.6 is 0 Å². The van der Waals surface area contributed by atoms with Crippen molar-refractivity contribution < 1.29 is 18.3 Å². The van der Waals surface area contributed by atoms with E-state index in [0.717, 1.165) is 17.0 Å². The summed E-state index contributed by atoms with van der Waals surface area (Å²) >= 11 is 0. The summed E-state index contributed by atoms with van der Waals surface area (Å²) in [7, 11) is -1.62. The van der Waals surface area contributed by atoms with E-state index in [-0.39, 0.29) is 23.6 Å². The zero-order valence-electron chi connectivity index (χ0n) is 11.9. The van der Waals surface area contributed by atoms with E-state index in [1.54, 1.807) is 6.07 Å². The minimum absolute atomic E-state index is 0.0872. The number of carbonyl (C=O) groups excluding carboxylic acids is 1. The Labute approximate surface area is 123 Å². The molecule has 21 heavy (non-hydrogen) atoms. The first-order chi connectivity index (χ1) is 9.78. The summed E-state index contributed by atoms with van der Waals surface area (Å²) in [6, 6.07) is 10.5. The van der Waals surface area contributed by atoms with E-state index in [0.29, 0.717) is 0 Å². The van der Waals surface area contributed by atoms with Gasteiger partial charge in [-0.25, -0.2) is 8.42 Å². The van der Waals surface area contributed by atoms with E-state index >= 15 is 0 Å². The van der Waals surface area contributed by atoms with E-state index in [9.17, 15) is 18.3 Å². The Kier molecular flexibility index (Phi) is 4.18. The van der Waals surface area contributed by atoms with Crippen LogP contribution in [0.1, 0.15) is 10.4 Å². The van der Waals surface area contributed by atoms with Crippen LogP contribution in [0.15, 0.2) is 36.4 Å². The Morgan fingerprint density at radius 3 is 2.33 bits per heavy atom. The zero-order chi connectivity index (χ0) is 15.6. The molecule has 0 fully saturated rings. The molecule has 2 aromatic carbocycles. The Morgan fingerprint density at radius 2 is 1.76 bits per heavy atom. The predicted molar refractivity (Wildman–Crippen MR) is 82.3 cm³/mol. The molecule has 2 aromatic rings. The molecule has 2 rings (SSSR count). The Bertz CT molecular complexity index is 783. The summed E-state index contributed by atoms with van der Waals surface area (Å²) < 4.78 is 22.3. The van der Waals surface area contributed by atoms with Crippen molar-refractivity contribution in [3.8, 4) is 5.75 Å². The number of fused-ring (bicyclic) bond motifs is 1. The van der Waals surface area contributed by atoms with Crippen molar-refractivity contribution in [2.24, 2.45) is 0 Å². The fourth-order valence-electron chi connectivity index (χ4n) is 2.01. The lowest BCUT2D eigenvalue weighted by atomic mass is 10.1. The predicted octanol–water partition coefficient (Wildman–Crippen LogP) is 1.66. The van der Waals surface area contributed by atoms with Crippen LogP contribution < -0.4 is 0 Å². The van der Waals surface area contributed by atoms with Crippen molar-refractivity contribution in [2.75, 3.05) is 25.6 Å². The quantitative estimate of drug-likeness (QED) is 0.932. The Morgan fingerprint density at radius 1 is 1.19 bits per heavy atom. The van der Waals surface area contributed by atoms with Crippen LogP contribution in [0.3, 0.4) is 0 Å². The monoisotopic (exact) mass is 307 g/mol. The van der Waals surface area contributed by atoms with Gasteiger partial charge < -0.3 is 10.0 Å². The molecule has 0 bridgehead atoms. The van der Waals surface area contributed by atoms with Gasteiger partial charge in [0, 0.05) is 19.8 Å². The van der Waals surface area contributed by atoms with Crippen LogP contribution in [0.4, 0.5) is 0 Å². The normalized spacial score (nSPS) is 11.5.